The molecule has 2 rings (SSSR count). The van der Waals surface area contributed by atoms with Crippen LogP contribution in [0.25, 0.3) is 0 Å². The van der Waals surface area contributed by atoms with Crippen molar-refractivity contribution in [1.29, 1.82) is 0 Å². The Morgan fingerprint density at radius 3 is 2.73 bits per heavy atom. The van der Waals surface area contributed by atoms with Gasteiger partial charge in [-0.05, 0) is 56.4 Å². The van der Waals surface area contributed by atoms with Crippen molar-refractivity contribution >= 4 is 33.5 Å². The summed E-state index contributed by atoms with van der Waals surface area (Å²) in [5.41, 5.74) is 0.796. The number of rotatable bonds is 11. The molecule has 0 heterocycles. The maximum absolute atomic E-state index is 12.0. The van der Waals surface area contributed by atoms with Crippen LogP contribution in [0.1, 0.15) is 32.6 Å². The predicted molar refractivity (Wildman–Crippen MR) is 110 cm³/mol. The van der Waals surface area contributed by atoms with Crippen molar-refractivity contribution in [1.82, 2.24) is 10.6 Å². The van der Waals surface area contributed by atoms with Gasteiger partial charge in [0, 0.05) is 49.4 Å². The van der Waals surface area contributed by atoms with Gasteiger partial charge in [-0.15, -0.1) is 0 Å². The number of halogens is 1. The molecule has 1 amide bonds. The third-order valence-corrected chi connectivity index (χ3v) is 4.41. The summed E-state index contributed by atoms with van der Waals surface area (Å²) in [5, 5.41) is 9.27. The maximum Gasteiger partial charge on any atom is 0.226 e. The lowest BCUT2D eigenvalue weighted by atomic mass is 10.3. The molecule has 1 aliphatic carbocycles. The fraction of sp³-hybridized carbons (Fsp3) is 0.579. The van der Waals surface area contributed by atoms with E-state index in [-0.39, 0.29) is 5.91 Å². The lowest BCUT2D eigenvalue weighted by Gasteiger charge is -2.11. The molecule has 0 spiro atoms. The minimum atomic E-state index is -0.0239. The van der Waals surface area contributed by atoms with Gasteiger partial charge in [-0.1, -0.05) is 15.9 Å². The summed E-state index contributed by atoms with van der Waals surface area (Å²) in [6.45, 7) is 5.72. The topological polar surface area (TPSA) is 74.8 Å². The number of carbonyl (C=O) groups is 1. The van der Waals surface area contributed by atoms with Crippen LogP contribution < -0.4 is 16.0 Å². The molecule has 0 aromatic heterocycles. The van der Waals surface area contributed by atoms with Crippen molar-refractivity contribution in [3.63, 3.8) is 0 Å². The molecule has 1 aliphatic rings. The second-order valence-corrected chi connectivity index (χ2v) is 7.28. The number of carbonyl (C=O) groups excluding carboxylic acids is 1. The summed E-state index contributed by atoms with van der Waals surface area (Å²) in [4.78, 5) is 16.5. The standard InChI is InChI=1S/C19H29BrN4O2/c1-2-21-19(22-11-3-13-26-14-15-4-5-15)23-12-10-18(25)24-17-8-6-16(20)7-9-17/h6-9,15H,2-5,10-14H2,1H3,(H,24,25)(H2,21,22,23). The van der Waals surface area contributed by atoms with E-state index >= 15 is 0 Å². The first-order valence-electron chi connectivity index (χ1n) is 9.32. The largest absolute Gasteiger partial charge is 0.381 e. The molecule has 6 nitrogen and oxygen atoms in total. The quantitative estimate of drug-likeness (QED) is 0.289. The molecular weight excluding hydrogens is 396 g/mol. The zero-order valence-electron chi connectivity index (χ0n) is 15.4. The van der Waals surface area contributed by atoms with Crippen molar-refractivity contribution in [2.75, 3.05) is 38.2 Å². The van der Waals surface area contributed by atoms with Crippen LogP contribution in [0.2, 0.25) is 0 Å². The Labute approximate surface area is 164 Å². The van der Waals surface area contributed by atoms with Gasteiger partial charge in [0.1, 0.15) is 0 Å². The van der Waals surface area contributed by atoms with E-state index in [4.69, 9.17) is 4.74 Å². The number of ether oxygens (including phenoxy) is 1. The highest BCUT2D eigenvalue weighted by molar-refractivity contribution is 9.10. The number of amides is 1. The Balaban J connectivity index is 1.60. The third-order valence-electron chi connectivity index (χ3n) is 3.88. The van der Waals surface area contributed by atoms with E-state index in [2.05, 4.69) is 36.9 Å². The van der Waals surface area contributed by atoms with E-state index in [0.29, 0.717) is 19.5 Å². The Morgan fingerprint density at radius 2 is 2.04 bits per heavy atom. The van der Waals surface area contributed by atoms with Crippen LogP contribution in [-0.4, -0.2) is 44.7 Å². The number of aliphatic imine (C=N–C) groups is 1. The predicted octanol–water partition coefficient (Wildman–Crippen LogP) is 3.15. The van der Waals surface area contributed by atoms with Crippen LogP contribution >= 0.6 is 15.9 Å². The SMILES string of the molecule is CCNC(=NCCCOCC1CC1)NCCC(=O)Nc1ccc(Br)cc1. The van der Waals surface area contributed by atoms with Crippen molar-refractivity contribution in [2.45, 2.75) is 32.6 Å². The highest BCUT2D eigenvalue weighted by Gasteiger charge is 2.20. The third kappa shape index (κ3) is 9.20. The summed E-state index contributed by atoms with van der Waals surface area (Å²) < 4.78 is 6.60. The van der Waals surface area contributed by atoms with Crippen LogP contribution in [0.4, 0.5) is 5.69 Å². The molecule has 26 heavy (non-hydrogen) atoms. The Hall–Kier alpha value is -1.60. The molecule has 0 aliphatic heterocycles. The molecule has 144 valence electrons. The summed E-state index contributed by atoms with van der Waals surface area (Å²) >= 11 is 3.38. The van der Waals surface area contributed by atoms with Crippen molar-refractivity contribution < 1.29 is 9.53 Å². The minimum absolute atomic E-state index is 0.0239. The van der Waals surface area contributed by atoms with Crippen molar-refractivity contribution in [3.8, 4) is 0 Å². The summed E-state index contributed by atoms with van der Waals surface area (Å²) in [5.74, 6) is 1.52. The molecule has 1 saturated carbocycles. The van der Waals surface area contributed by atoms with Crippen LogP contribution in [0, 0.1) is 5.92 Å². The van der Waals surface area contributed by atoms with Gasteiger partial charge in [-0.3, -0.25) is 9.79 Å². The van der Waals surface area contributed by atoms with Gasteiger partial charge in [0.25, 0.3) is 0 Å². The van der Waals surface area contributed by atoms with E-state index in [0.717, 1.165) is 48.2 Å². The van der Waals surface area contributed by atoms with E-state index in [1.54, 1.807) is 0 Å². The molecule has 1 fully saturated rings. The van der Waals surface area contributed by atoms with Crippen LogP contribution in [0.5, 0.6) is 0 Å². The lowest BCUT2D eigenvalue weighted by molar-refractivity contribution is -0.116. The normalized spacial score (nSPS) is 14.2. The first-order valence-corrected chi connectivity index (χ1v) is 10.1. The fourth-order valence-corrected chi connectivity index (χ4v) is 2.55. The van der Waals surface area contributed by atoms with Gasteiger partial charge in [0.2, 0.25) is 5.91 Å². The highest BCUT2D eigenvalue weighted by Crippen LogP contribution is 2.28. The number of anilines is 1. The van der Waals surface area contributed by atoms with Crippen LogP contribution in [0.15, 0.2) is 33.7 Å². The van der Waals surface area contributed by atoms with Gasteiger partial charge >= 0.3 is 0 Å². The smallest absolute Gasteiger partial charge is 0.226 e. The van der Waals surface area contributed by atoms with Gasteiger partial charge in [-0.25, -0.2) is 0 Å². The van der Waals surface area contributed by atoms with E-state index in [1.807, 2.05) is 31.2 Å². The van der Waals surface area contributed by atoms with Gasteiger partial charge in [-0.2, -0.15) is 0 Å². The fourth-order valence-electron chi connectivity index (χ4n) is 2.28. The molecule has 0 saturated heterocycles. The Morgan fingerprint density at radius 1 is 1.27 bits per heavy atom. The molecule has 1 aromatic rings. The number of guanidine groups is 1. The maximum atomic E-state index is 12.0. The molecule has 0 bridgehead atoms. The van der Waals surface area contributed by atoms with E-state index in [9.17, 15) is 4.79 Å². The average molecular weight is 425 g/mol. The minimum Gasteiger partial charge on any atom is -0.381 e. The van der Waals surface area contributed by atoms with Gasteiger partial charge in [0.05, 0.1) is 0 Å². The molecule has 7 heteroatoms. The second-order valence-electron chi connectivity index (χ2n) is 6.36. The first-order chi connectivity index (χ1) is 12.7. The zero-order chi connectivity index (χ0) is 18.6. The van der Waals surface area contributed by atoms with Gasteiger partial charge < -0.3 is 20.7 Å². The number of benzene rings is 1. The zero-order valence-corrected chi connectivity index (χ0v) is 17.0. The van der Waals surface area contributed by atoms with Crippen LogP contribution in [0.3, 0.4) is 0 Å². The lowest BCUT2D eigenvalue weighted by Crippen LogP contribution is -2.38. The molecule has 0 unspecified atom stereocenters. The number of nitrogens with one attached hydrogen (secondary N) is 3. The van der Waals surface area contributed by atoms with Gasteiger partial charge in [0.15, 0.2) is 5.96 Å². The highest BCUT2D eigenvalue weighted by atomic mass is 79.9. The molecule has 3 N–H and O–H groups in total. The molecular formula is C19H29BrN4O2. The Bertz CT molecular complexity index is 573. The first kappa shape index (κ1) is 20.7. The number of hydrogen-bond donors (Lipinski definition) is 3. The molecule has 1 aromatic carbocycles. The second kappa shape index (κ2) is 11.9. The average Bonchev–Trinajstić information content (AvgIpc) is 3.44. The van der Waals surface area contributed by atoms with Crippen molar-refractivity contribution in [2.24, 2.45) is 10.9 Å². The molecule has 0 radical (unpaired) electrons. The summed E-state index contributed by atoms with van der Waals surface area (Å²) in [7, 11) is 0. The molecule has 0 atom stereocenters. The van der Waals surface area contributed by atoms with Crippen LogP contribution in [-0.2, 0) is 9.53 Å². The monoisotopic (exact) mass is 424 g/mol. The van der Waals surface area contributed by atoms with E-state index in [1.165, 1.54) is 12.8 Å². The summed E-state index contributed by atoms with van der Waals surface area (Å²) in [6.07, 6.45) is 3.93. The Kier molecular flexibility index (Phi) is 9.48. The number of nitrogens with zero attached hydrogens (tertiary/aromatic N) is 1. The number of hydrogen-bond acceptors (Lipinski definition) is 3. The summed E-state index contributed by atoms with van der Waals surface area (Å²) in [6, 6.07) is 7.54. The van der Waals surface area contributed by atoms with E-state index < -0.39 is 0 Å². The van der Waals surface area contributed by atoms with Crippen molar-refractivity contribution in [3.05, 3.63) is 28.7 Å².